The van der Waals surface area contributed by atoms with E-state index in [1.165, 1.54) is 0 Å². The fourth-order valence-corrected chi connectivity index (χ4v) is 2.42. The minimum absolute atomic E-state index is 0.492. The van der Waals surface area contributed by atoms with Gasteiger partial charge in [-0.05, 0) is 37.5 Å². The van der Waals surface area contributed by atoms with Crippen LogP contribution in [0.3, 0.4) is 0 Å². The second kappa shape index (κ2) is 5.36. The highest BCUT2D eigenvalue weighted by Gasteiger charge is 2.18. The van der Waals surface area contributed by atoms with E-state index in [-0.39, 0.29) is 0 Å². The predicted molar refractivity (Wildman–Crippen MR) is 70.0 cm³/mol. The third-order valence-electron chi connectivity index (χ3n) is 2.93. The van der Waals surface area contributed by atoms with Crippen molar-refractivity contribution < 1.29 is 17.9 Å². The second-order valence-corrected chi connectivity index (χ2v) is 7.35. The highest BCUT2D eigenvalue weighted by molar-refractivity contribution is 8.14. The molecular weight excluding hydrogens is 276 g/mol. The van der Waals surface area contributed by atoms with Gasteiger partial charge in [0.05, 0.1) is 5.25 Å². The van der Waals surface area contributed by atoms with Gasteiger partial charge in [0, 0.05) is 10.7 Å². The summed E-state index contributed by atoms with van der Waals surface area (Å²) in [7, 11) is 1.82. The largest absolute Gasteiger partial charge is 0.486 e. The molecule has 0 amide bonds. The van der Waals surface area contributed by atoms with Crippen LogP contribution < -0.4 is 9.47 Å². The third-order valence-corrected chi connectivity index (χ3v) is 5.04. The van der Waals surface area contributed by atoms with Crippen molar-refractivity contribution in [2.24, 2.45) is 0 Å². The quantitative estimate of drug-likeness (QED) is 0.799. The van der Waals surface area contributed by atoms with Crippen LogP contribution in [-0.4, -0.2) is 26.9 Å². The van der Waals surface area contributed by atoms with E-state index in [1.807, 2.05) is 18.2 Å². The van der Waals surface area contributed by atoms with E-state index in [4.69, 9.17) is 20.2 Å². The molecule has 0 saturated heterocycles. The molecule has 4 nitrogen and oxygen atoms in total. The highest BCUT2D eigenvalue weighted by Crippen LogP contribution is 2.31. The molecule has 0 fully saturated rings. The molecule has 0 spiro atoms. The van der Waals surface area contributed by atoms with Crippen LogP contribution in [0.25, 0.3) is 0 Å². The van der Waals surface area contributed by atoms with Crippen molar-refractivity contribution in [3.63, 3.8) is 0 Å². The molecule has 1 aromatic rings. The fraction of sp³-hybridized carbons (Fsp3) is 0.500. The number of rotatable bonds is 4. The number of halogens is 1. The van der Waals surface area contributed by atoms with Gasteiger partial charge in [0.1, 0.15) is 13.2 Å². The Balaban J connectivity index is 2.02. The van der Waals surface area contributed by atoms with Crippen molar-refractivity contribution in [1.82, 2.24) is 0 Å². The SMILES string of the molecule is CC(CCc1ccc2c(c1)OCCO2)S(=O)(=O)Cl. The molecule has 6 heteroatoms. The van der Waals surface area contributed by atoms with Crippen LogP contribution in [0.1, 0.15) is 18.9 Å². The lowest BCUT2D eigenvalue weighted by Crippen LogP contribution is -2.16. The fourth-order valence-electron chi connectivity index (χ4n) is 1.75. The average molecular weight is 291 g/mol. The standard InChI is InChI=1S/C12H15ClO4S/c1-9(18(13,14)15)2-3-10-4-5-11-12(8-10)17-7-6-16-11/h4-5,8-9H,2-3,6-7H2,1H3. The number of hydrogen-bond donors (Lipinski definition) is 0. The number of benzene rings is 1. The van der Waals surface area contributed by atoms with Crippen molar-refractivity contribution in [2.45, 2.75) is 25.0 Å². The first-order valence-electron chi connectivity index (χ1n) is 5.79. The van der Waals surface area contributed by atoms with Crippen molar-refractivity contribution in [2.75, 3.05) is 13.2 Å². The Bertz CT molecular complexity index is 527. The maximum atomic E-state index is 11.1. The van der Waals surface area contributed by atoms with Gasteiger partial charge in [-0.1, -0.05) is 6.07 Å². The topological polar surface area (TPSA) is 52.6 Å². The lowest BCUT2D eigenvalue weighted by atomic mass is 10.1. The summed E-state index contributed by atoms with van der Waals surface area (Å²) in [6.45, 7) is 2.72. The van der Waals surface area contributed by atoms with Gasteiger partial charge in [0.15, 0.2) is 11.5 Å². The first-order chi connectivity index (χ1) is 8.47. The molecule has 0 bridgehead atoms. The van der Waals surface area contributed by atoms with Crippen molar-refractivity contribution >= 4 is 19.7 Å². The molecule has 1 aliphatic rings. The van der Waals surface area contributed by atoms with Crippen LogP contribution in [0.5, 0.6) is 11.5 Å². The summed E-state index contributed by atoms with van der Waals surface area (Å²) < 4.78 is 33.1. The van der Waals surface area contributed by atoms with E-state index < -0.39 is 14.3 Å². The van der Waals surface area contributed by atoms with Gasteiger partial charge in [-0.15, -0.1) is 0 Å². The van der Waals surface area contributed by atoms with Gasteiger partial charge in [0.2, 0.25) is 9.05 Å². The molecule has 0 radical (unpaired) electrons. The first-order valence-corrected chi connectivity index (χ1v) is 8.16. The van der Waals surface area contributed by atoms with Gasteiger partial charge < -0.3 is 9.47 Å². The maximum absolute atomic E-state index is 11.1. The van der Waals surface area contributed by atoms with Crippen LogP contribution in [0.4, 0.5) is 0 Å². The van der Waals surface area contributed by atoms with E-state index >= 15 is 0 Å². The van der Waals surface area contributed by atoms with Crippen LogP contribution in [0.15, 0.2) is 18.2 Å². The van der Waals surface area contributed by atoms with E-state index in [1.54, 1.807) is 6.92 Å². The van der Waals surface area contributed by atoms with Gasteiger partial charge in [-0.2, -0.15) is 0 Å². The molecular formula is C12H15ClO4S. The zero-order chi connectivity index (χ0) is 13.2. The monoisotopic (exact) mass is 290 g/mol. The molecule has 0 saturated carbocycles. The van der Waals surface area contributed by atoms with Crippen LogP contribution in [-0.2, 0) is 15.5 Å². The second-order valence-electron chi connectivity index (χ2n) is 4.30. The predicted octanol–water partition coefficient (Wildman–Crippen LogP) is 2.35. The van der Waals surface area contributed by atoms with Crippen molar-refractivity contribution in [3.05, 3.63) is 23.8 Å². The summed E-state index contributed by atoms with van der Waals surface area (Å²) >= 11 is 0. The summed E-state index contributed by atoms with van der Waals surface area (Å²) in [5, 5.41) is -0.549. The Morgan fingerprint density at radius 3 is 2.61 bits per heavy atom. The number of ether oxygens (including phenoxy) is 2. The van der Waals surface area contributed by atoms with Crippen molar-refractivity contribution in [1.29, 1.82) is 0 Å². The molecule has 2 rings (SSSR count). The van der Waals surface area contributed by atoms with E-state index in [0.717, 1.165) is 17.1 Å². The minimum Gasteiger partial charge on any atom is -0.486 e. The minimum atomic E-state index is -3.47. The lowest BCUT2D eigenvalue weighted by Gasteiger charge is -2.19. The average Bonchev–Trinajstić information content (AvgIpc) is 2.34. The van der Waals surface area contributed by atoms with Crippen LogP contribution >= 0.6 is 10.7 Å². The van der Waals surface area contributed by atoms with Gasteiger partial charge >= 0.3 is 0 Å². The Labute approximate surface area is 111 Å². The number of hydrogen-bond acceptors (Lipinski definition) is 4. The zero-order valence-corrected chi connectivity index (χ0v) is 11.6. The highest BCUT2D eigenvalue weighted by atomic mass is 35.7. The van der Waals surface area contributed by atoms with E-state index in [0.29, 0.717) is 26.1 Å². The molecule has 0 N–H and O–H groups in total. The summed E-state index contributed by atoms with van der Waals surface area (Å²) in [4.78, 5) is 0. The third kappa shape index (κ3) is 3.29. The van der Waals surface area contributed by atoms with Crippen LogP contribution in [0.2, 0.25) is 0 Å². The Hall–Kier alpha value is -0.940. The van der Waals surface area contributed by atoms with E-state index in [2.05, 4.69) is 0 Å². The molecule has 1 aliphatic heterocycles. The van der Waals surface area contributed by atoms with E-state index in [9.17, 15) is 8.42 Å². The molecule has 1 heterocycles. The Kier molecular flexibility index (Phi) is 4.02. The summed E-state index contributed by atoms with van der Waals surface area (Å²) in [5.41, 5.74) is 1.02. The van der Waals surface area contributed by atoms with Gasteiger partial charge in [0.25, 0.3) is 0 Å². The summed E-state index contributed by atoms with van der Waals surface area (Å²) in [5.74, 6) is 1.46. The molecule has 0 aliphatic carbocycles. The lowest BCUT2D eigenvalue weighted by molar-refractivity contribution is 0.171. The van der Waals surface area contributed by atoms with Crippen molar-refractivity contribution in [3.8, 4) is 11.5 Å². The van der Waals surface area contributed by atoms with Gasteiger partial charge in [-0.3, -0.25) is 0 Å². The summed E-state index contributed by atoms with van der Waals surface area (Å²) in [6.07, 6.45) is 1.13. The Morgan fingerprint density at radius 1 is 1.28 bits per heavy atom. The molecule has 1 atom stereocenters. The molecule has 1 aromatic carbocycles. The zero-order valence-electron chi connectivity index (χ0n) is 10.1. The number of aryl methyl sites for hydroxylation is 1. The maximum Gasteiger partial charge on any atom is 0.235 e. The van der Waals surface area contributed by atoms with Crippen LogP contribution in [0, 0.1) is 0 Å². The van der Waals surface area contributed by atoms with Gasteiger partial charge in [-0.25, -0.2) is 8.42 Å². The summed E-state index contributed by atoms with van der Waals surface area (Å²) in [6, 6.07) is 5.66. The molecule has 18 heavy (non-hydrogen) atoms. The molecule has 0 aromatic heterocycles. The normalized spacial score (nSPS) is 16.3. The Morgan fingerprint density at radius 2 is 1.94 bits per heavy atom. The molecule has 1 unspecified atom stereocenters. The first kappa shape index (κ1) is 13.5. The smallest absolute Gasteiger partial charge is 0.235 e. The molecule has 100 valence electrons. The number of fused-ring (bicyclic) bond motifs is 1.